The average molecular weight is 394 g/mol. The van der Waals surface area contributed by atoms with Crippen molar-refractivity contribution in [2.75, 3.05) is 0 Å². The number of hydrogen-bond acceptors (Lipinski definition) is 6. The van der Waals surface area contributed by atoms with Crippen LogP contribution in [0.15, 0.2) is 30.3 Å². The number of carboxylic acids is 1. The van der Waals surface area contributed by atoms with Gasteiger partial charge >= 0.3 is 5.97 Å². The first kappa shape index (κ1) is 23.1. The molecular formula is C18H26N4O6. The minimum atomic E-state index is -1.41. The summed E-state index contributed by atoms with van der Waals surface area (Å²) in [6, 6.07) is 4.91. The van der Waals surface area contributed by atoms with Crippen molar-refractivity contribution in [1.82, 2.24) is 10.6 Å². The maximum absolute atomic E-state index is 12.4. The fourth-order valence-corrected chi connectivity index (χ4v) is 2.41. The second kappa shape index (κ2) is 11.0. The van der Waals surface area contributed by atoms with Gasteiger partial charge in [-0.15, -0.1) is 0 Å². The molecule has 1 rings (SSSR count). The molecule has 8 N–H and O–H groups in total. The zero-order valence-electron chi connectivity index (χ0n) is 15.5. The Morgan fingerprint density at radius 1 is 1.07 bits per heavy atom. The van der Waals surface area contributed by atoms with Crippen LogP contribution in [0.2, 0.25) is 0 Å². The van der Waals surface area contributed by atoms with Gasteiger partial charge in [-0.05, 0) is 18.9 Å². The minimum absolute atomic E-state index is 0.0267. The number of benzene rings is 1. The second-order valence-electron chi connectivity index (χ2n) is 6.43. The maximum Gasteiger partial charge on any atom is 0.326 e. The van der Waals surface area contributed by atoms with Crippen molar-refractivity contribution in [3.05, 3.63) is 35.9 Å². The molecule has 4 atom stereocenters. The number of carboxylic acid groups (broad SMARTS) is 1. The molecule has 0 aliphatic carbocycles. The summed E-state index contributed by atoms with van der Waals surface area (Å²) in [6.45, 7) is 1.27. The predicted molar refractivity (Wildman–Crippen MR) is 99.7 cm³/mol. The van der Waals surface area contributed by atoms with Crippen LogP contribution in [0.4, 0.5) is 0 Å². The van der Waals surface area contributed by atoms with E-state index < -0.39 is 47.9 Å². The number of aliphatic carboxylic acids is 1. The van der Waals surface area contributed by atoms with Gasteiger partial charge in [0.05, 0.1) is 12.1 Å². The quantitative estimate of drug-likeness (QED) is 0.257. The minimum Gasteiger partial charge on any atom is -0.480 e. The zero-order valence-corrected chi connectivity index (χ0v) is 15.5. The highest BCUT2D eigenvalue weighted by atomic mass is 16.4. The fraction of sp³-hybridized carbons (Fsp3) is 0.444. The normalized spacial score (nSPS) is 15.0. The van der Waals surface area contributed by atoms with Gasteiger partial charge in [-0.1, -0.05) is 30.3 Å². The van der Waals surface area contributed by atoms with Gasteiger partial charge in [-0.25, -0.2) is 4.79 Å². The number of primary amides is 1. The third kappa shape index (κ3) is 7.72. The van der Waals surface area contributed by atoms with Gasteiger partial charge < -0.3 is 32.3 Å². The lowest BCUT2D eigenvalue weighted by atomic mass is 10.0. The van der Waals surface area contributed by atoms with Crippen molar-refractivity contribution in [1.29, 1.82) is 0 Å². The van der Waals surface area contributed by atoms with E-state index in [-0.39, 0.29) is 19.3 Å². The number of nitrogens with two attached hydrogens (primary N) is 2. The van der Waals surface area contributed by atoms with E-state index in [1.165, 1.54) is 6.92 Å². The number of amides is 3. The van der Waals surface area contributed by atoms with Crippen molar-refractivity contribution < 1.29 is 29.4 Å². The molecule has 1 aromatic carbocycles. The molecule has 1 aromatic rings. The molecule has 0 aliphatic rings. The van der Waals surface area contributed by atoms with E-state index in [2.05, 4.69) is 10.6 Å². The van der Waals surface area contributed by atoms with Gasteiger partial charge in [0.2, 0.25) is 17.7 Å². The molecule has 0 aromatic heterocycles. The van der Waals surface area contributed by atoms with Crippen molar-refractivity contribution in [2.24, 2.45) is 11.5 Å². The Hall–Kier alpha value is -2.98. The molecule has 0 spiro atoms. The summed E-state index contributed by atoms with van der Waals surface area (Å²) in [5.74, 6) is -3.52. The molecule has 0 saturated heterocycles. The molecule has 10 heteroatoms. The van der Waals surface area contributed by atoms with Crippen LogP contribution in [0.5, 0.6) is 0 Å². The molecule has 0 saturated carbocycles. The van der Waals surface area contributed by atoms with Crippen molar-refractivity contribution in [3.8, 4) is 0 Å². The predicted octanol–water partition coefficient (Wildman–Crippen LogP) is -1.74. The standard InChI is InChI=1S/C18H26N4O6/c1-10(23)15(22-16(25)12(19)7-8-14(20)24)17(26)21-13(18(27)28)9-11-5-3-2-4-6-11/h2-6,10,12-13,15,23H,7-9,19H2,1H3,(H2,20,24)(H,21,26)(H,22,25)(H,27,28). The van der Waals surface area contributed by atoms with Crippen molar-refractivity contribution >= 4 is 23.7 Å². The number of aliphatic hydroxyl groups is 1. The van der Waals surface area contributed by atoms with Gasteiger partial charge in [-0.3, -0.25) is 14.4 Å². The van der Waals surface area contributed by atoms with E-state index >= 15 is 0 Å². The lowest BCUT2D eigenvalue weighted by Gasteiger charge is -2.24. The van der Waals surface area contributed by atoms with Crippen molar-refractivity contribution in [3.63, 3.8) is 0 Å². The van der Waals surface area contributed by atoms with Crippen LogP contribution in [0.3, 0.4) is 0 Å². The molecular weight excluding hydrogens is 368 g/mol. The summed E-state index contributed by atoms with van der Waals surface area (Å²) < 4.78 is 0. The first-order valence-electron chi connectivity index (χ1n) is 8.71. The Morgan fingerprint density at radius 2 is 1.68 bits per heavy atom. The molecule has 154 valence electrons. The van der Waals surface area contributed by atoms with Crippen LogP contribution in [0, 0.1) is 0 Å². The van der Waals surface area contributed by atoms with Crippen LogP contribution < -0.4 is 22.1 Å². The Bertz CT molecular complexity index is 695. The Balaban J connectivity index is 2.77. The summed E-state index contributed by atoms with van der Waals surface area (Å²) in [7, 11) is 0. The van der Waals surface area contributed by atoms with Gasteiger partial charge in [0.15, 0.2) is 0 Å². The summed E-state index contributed by atoms with van der Waals surface area (Å²) in [5, 5.41) is 23.8. The fourth-order valence-electron chi connectivity index (χ4n) is 2.41. The van der Waals surface area contributed by atoms with Gasteiger partial charge in [-0.2, -0.15) is 0 Å². The molecule has 0 fully saturated rings. The number of carbonyl (C=O) groups is 4. The van der Waals surface area contributed by atoms with Crippen LogP contribution >= 0.6 is 0 Å². The van der Waals surface area contributed by atoms with E-state index in [1.807, 2.05) is 0 Å². The summed E-state index contributed by atoms with van der Waals surface area (Å²) >= 11 is 0. The highest BCUT2D eigenvalue weighted by Gasteiger charge is 2.31. The first-order chi connectivity index (χ1) is 13.1. The number of carbonyl (C=O) groups excluding carboxylic acids is 3. The van der Waals surface area contributed by atoms with E-state index in [4.69, 9.17) is 11.5 Å². The van der Waals surface area contributed by atoms with Crippen LogP contribution in [-0.2, 0) is 25.6 Å². The molecule has 10 nitrogen and oxygen atoms in total. The van der Waals surface area contributed by atoms with Gasteiger partial charge in [0, 0.05) is 12.8 Å². The number of nitrogens with one attached hydrogen (secondary N) is 2. The summed E-state index contributed by atoms with van der Waals surface area (Å²) in [5.41, 5.74) is 11.3. The Morgan fingerprint density at radius 3 is 2.18 bits per heavy atom. The summed E-state index contributed by atoms with van der Waals surface area (Å²) in [4.78, 5) is 46.8. The van der Waals surface area contributed by atoms with E-state index in [0.29, 0.717) is 5.56 Å². The average Bonchev–Trinajstić information content (AvgIpc) is 2.63. The van der Waals surface area contributed by atoms with Crippen LogP contribution in [0.1, 0.15) is 25.3 Å². The zero-order chi connectivity index (χ0) is 21.3. The third-order valence-corrected chi connectivity index (χ3v) is 4.00. The topological polar surface area (TPSA) is 185 Å². The molecule has 0 heterocycles. The maximum atomic E-state index is 12.4. The molecule has 4 unspecified atom stereocenters. The SMILES string of the molecule is CC(O)C(NC(=O)C(N)CCC(N)=O)C(=O)NC(Cc1ccccc1)C(=O)O. The number of aliphatic hydroxyl groups excluding tert-OH is 1. The highest BCUT2D eigenvalue weighted by molar-refractivity contribution is 5.92. The van der Waals surface area contributed by atoms with E-state index in [0.717, 1.165) is 0 Å². The lowest BCUT2D eigenvalue weighted by Crippen LogP contribution is -2.58. The number of hydrogen-bond donors (Lipinski definition) is 6. The molecule has 3 amide bonds. The smallest absolute Gasteiger partial charge is 0.326 e. The van der Waals surface area contributed by atoms with Gasteiger partial charge in [0.1, 0.15) is 12.1 Å². The largest absolute Gasteiger partial charge is 0.480 e. The van der Waals surface area contributed by atoms with Crippen molar-refractivity contribution in [2.45, 2.75) is 50.4 Å². The Kier molecular flexibility index (Phi) is 9.06. The highest BCUT2D eigenvalue weighted by Crippen LogP contribution is 2.05. The summed E-state index contributed by atoms with van der Waals surface area (Å²) in [6.07, 6.45) is -1.42. The number of rotatable bonds is 11. The Labute approximate surface area is 162 Å². The first-order valence-corrected chi connectivity index (χ1v) is 8.71. The second-order valence-corrected chi connectivity index (χ2v) is 6.43. The van der Waals surface area contributed by atoms with Gasteiger partial charge in [0.25, 0.3) is 0 Å². The molecule has 28 heavy (non-hydrogen) atoms. The molecule has 0 aliphatic heterocycles. The van der Waals surface area contributed by atoms with Crippen LogP contribution in [-0.4, -0.2) is 58.1 Å². The molecule has 0 bridgehead atoms. The molecule has 0 radical (unpaired) electrons. The van der Waals surface area contributed by atoms with Crippen LogP contribution in [0.25, 0.3) is 0 Å². The lowest BCUT2D eigenvalue weighted by molar-refractivity contribution is -0.142. The monoisotopic (exact) mass is 394 g/mol. The third-order valence-electron chi connectivity index (χ3n) is 4.00. The van der Waals surface area contributed by atoms with E-state index in [1.54, 1.807) is 30.3 Å². The van der Waals surface area contributed by atoms with E-state index in [9.17, 15) is 29.4 Å².